The largest absolute Gasteiger partial charge is 0.309 e. The number of hydrogen-bond acceptors (Lipinski definition) is 5. The van der Waals surface area contributed by atoms with Gasteiger partial charge in [0.15, 0.2) is 0 Å². The molecule has 0 aliphatic carbocycles. The predicted octanol–water partition coefficient (Wildman–Crippen LogP) is 1.70. The quantitative estimate of drug-likeness (QED) is 0.662. The molecule has 2 rings (SSSR count). The second kappa shape index (κ2) is 6.91. The molecule has 0 spiro atoms. The summed E-state index contributed by atoms with van der Waals surface area (Å²) in [6.07, 6.45) is 0. The van der Waals surface area contributed by atoms with Gasteiger partial charge in [0.2, 0.25) is 10.0 Å². The van der Waals surface area contributed by atoms with Crippen LogP contribution < -0.4 is 5.32 Å². The lowest BCUT2D eigenvalue weighted by atomic mass is 10.2. The predicted molar refractivity (Wildman–Crippen MR) is 85.9 cm³/mol. The lowest BCUT2D eigenvalue weighted by Gasteiger charge is -2.35. The number of sulfonamides is 1. The van der Waals surface area contributed by atoms with Crippen molar-refractivity contribution < 1.29 is 13.3 Å². The number of nitrogens with one attached hydrogen (secondary N) is 1. The summed E-state index contributed by atoms with van der Waals surface area (Å²) in [5.74, 6) is 0. The Bertz CT molecular complexity index is 655. The van der Waals surface area contributed by atoms with Crippen LogP contribution in [0.1, 0.15) is 19.4 Å². The standard InChI is InChI=1S/C13H19N3O4S.ClH/c1-9-4-5-12(6-13(9)16(17)18)21(19,20)15-7-10(2)14-11(3)8-15;/h4-6,10-11,14H,7-8H2,1-3H3;1H. The molecule has 0 amide bonds. The van der Waals surface area contributed by atoms with Crippen LogP contribution in [0.2, 0.25) is 0 Å². The lowest BCUT2D eigenvalue weighted by Crippen LogP contribution is -2.55. The van der Waals surface area contributed by atoms with Gasteiger partial charge in [0.25, 0.3) is 5.69 Å². The van der Waals surface area contributed by atoms with E-state index in [2.05, 4.69) is 5.32 Å². The van der Waals surface area contributed by atoms with Crippen molar-refractivity contribution in [1.29, 1.82) is 0 Å². The van der Waals surface area contributed by atoms with Gasteiger partial charge in [-0.2, -0.15) is 4.31 Å². The minimum absolute atomic E-state index is 0. The number of piperazine rings is 1. The van der Waals surface area contributed by atoms with Crippen LogP contribution in [-0.2, 0) is 10.0 Å². The molecule has 124 valence electrons. The van der Waals surface area contributed by atoms with E-state index in [0.29, 0.717) is 18.7 Å². The first-order valence-electron chi connectivity index (χ1n) is 6.73. The highest BCUT2D eigenvalue weighted by atomic mass is 35.5. The molecule has 1 aromatic rings. The third-order valence-electron chi connectivity index (χ3n) is 3.54. The fourth-order valence-corrected chi connectivity index (χ4v) is 4.21. The molecule has 1 aromatic carbocycles. The van der Waals surface area contributed by atoms with Crippen molar-refractivity contribution in [2.24, 2.45) is 0 Å². The zero-order valence-corrected chi connectivity index (χ0v) is 14.3. The van der Waals surface area contributed by atoms with E-state index in [-0.39, 0.29) is 35.1 Å². The normalized spacial score (nSPS) is 22.9. The number of hydrogen-bond donors (Lipinski definition) is 1. The Morgan fingerprint density at radius 2 is 1.82 bits per heavy atom. The smallest absolute Gasteiger partial charge is 0.273 e. The number of halogens is 1. The number of nitro benzene ring substituents is 1. The first-order chi connectivity index (χ1) is 9.71. The molecule has 1 fully saturated rings. The molecule has 9 heteroatoms. The molecule has 22 heavy (non-hydrogen) atoms. The maximum absolute atomic E-state index is 12.6. The van der Waals surface area contributed by atoms with E-state index in [1.807, 2.05) is 13.8 Å². The molecule has 0 aromatic heterocycles. The van der Waals surface area contributed by atoms with Crippen LogP contribution in [0.15, 0.2) is 23.1 Å². The van der Waals surface area contributed by atoms with Crippen LogP contribution in [0.25, 0.3) is 0 Å². The van der Waals surface area contributed by atoms with Crippen molar-refractivity contribution in [3.05, 3.63) is 33.9 Å². The van der Waals surface area contributed by atoms with E-state index >= 15 is 0 Å². The molecule has 1 heterocycles. The fourth-order valence-electron chi connectivity index (χ4n) is 2.57. The number of benzene rings is 1. The van der Waals surface area contributed by atoms with Crippen molar-refractivity contribution in [1.82, 2.24) is 9.62 Å². The third-order valence-corrected chi connectivity index (χ3v) is 5.37. The Morgan fingerprint density at radius 1 is 1.27 bits per heavy atom. The van der Waals surface area contributed by atoms with Gasteiger partial charge in [-0.25, -0.2) is 8.42 Å². The van der Waals surface area contributed by atoms with Crippen LogP contribution in [0.4, 0.5) is 5.69 Å². The van der Waals surface area contributed by atoms with Gasteiger partial charge in [0.05, 0.1) is 9.82 Å². The highest BCUT2D eigenvalue weighted by Gasteiger charge is 2.32. The van der Waals surface area contributed by atoms with Crippen molar-refractivity contribution in [2.75, 3.05) is 13.1 Å². The number of rotatable bonds is 3. The second-order valence-electron chi connectivity index (χ2n) is 5.50. The monoisotopic (exact) mass is 349 g/mol. The fraction of sp³-hybridized carbons (Fsp3) is 0.538. The summed E-state index contributed by atoms with van der Waals surface area (Å²) < 4.78 is 26.7. The Kier molecular flexibility index (Phi) is 5.91. The molecule has 1 aliphatic heterocycles. The Labute approximate surface area is 136 Å². The van der Waals surface area contributed by atoms with Crippen LogP contribution in [0, 0.1) is 17.0 Å². The molecule has 0 bridgehead atoms. The van der Waals surface area contributed by atoms with E-state index in [9.17, 15) is 18.5 Å². The summed E-state index contributed by atoms with van der Waals surface area (Å²) in [6.45, 7) is 6.12. The van der Waals surface area contributed by atoms with Gasteiger partial charge in [-0.1, -0.05) is 6.07 Å². The zero-order valence-electron chi connectivity index (χ0n) is 12.6. The third kappa shape index (κ3) is 3.75. The highest BCUT2D eigenvalue weighted by molar-refractivity contribution is 7.89. The zero-order chi connectivity index (χ0) is 15.8. The SMILES string of the molecule is Cc1ccc(S(=O)(=O)N2CC(C)NC(C)C2)cc1[N+](=O)[O-].Cl. The second-order valence-corrected chi connectivity index (χ2v) is 7.43. The van der Waals surface area contributed by atoms with Gasteiger partial charge in [-0.3, -0.25) is 10.1 Å². The molecule has 2 unspecified atom stereocenters. The van der Waals surface area contributed by atoms with Crippen molar-refractivity contribution in [3.63, 3.8) is 0 Å². The molecular weight excluding hydrogens is 330 g/mol. The summed E-state index contributed by atoms with van der Waals surface area (Å²) in [5, 5.41) is 14.2. The van der Waals surface area contributed by atoms with Crippen molar-refractivity contribution >= 4 is 28.1 Å². The van der Waals surface area contributed by atoms with Crippen LogP contribution in [-0.4, -0.2) is 42.8 Å². The molecule has 7 nitrogen and oxygen atoms in total. The minimum atomic E-state index is -3.71. The van der Waals surface area contributed by atoms with Gasteiger partial charge in [-0.15, -0.1) is 12.4 Å². The van der Waals surface area contributed by atoms with Crippen LogP contribution in [0.3, 0.4) is 0 Å². The Morgan fingerprint density at radius 3 is 2.32 bits per heavy atom. The number of nitro groups is 1. The van der Waals surface area contributed by atoms with Crippen LogP contribution in [0.5, 0.6) is 0 Å². The molecule has 1 aliphatic rings. The van der Waals surface area contributed by atoms with E-state index in [4.69, 9.17) is 0 Å². The molecule has 0 saturated carbocycles. The van der Waals surface area contributed by atoms with E-state index in [0.717, 1.165) is 6.07 Å². The first-order valence-corrected chi connectivity index (χ1v) is 8.17. The summed E-state index contributed by atoms with van der Waals surface area (Å²) >= 11 is 0. The summed E-state index contributed by atoms with van der Waals surface area (Å²) in [5.41, 5.74) is 0.272. The van der Waals surface area contributed by atoms with E-state index in [1.165, 1.54) is 16.4 Å². The van der Waals surface area contributed by atoms with Gasteiger partial charge in [0, 0.05) is 36.8 Å². The van der Waals surface area contributed by atoms with Gasteiger partial charge >= 0.3 is 0 Å². The van der Waals surface area contributed by atoms with E-state index < -0.39 is 14.9 Å². The highest BCUT2D eigenvalue weighted by Crippen LogP contribution is 2.25. The molecule has 2 atom stereocenters. The van der Waals surface area contributed by atoms with Crippen molar-refractivity contribution in [2.45, 2.75) is 37.8 Å². The number of nitrogens with zero attached hydrogens (tertiary/aromatic N) is 2. The Balaban J connectivity index is 0.00000242. The van der Waals surface area contributed by atoms with E-state index in [1.54, 1.807) is 6.92 Å². The maximum Gasteiger partial charge on any atom is 0.273 e. The number of aryl methyl sites for hydroxylation is 1. The van der Waals surface area contributed by atoms with Gasteiger partial charge in [0.1, 0.15) is 0 Å². The summed E-state index contributed by atoms with van der Waals surface area (Å²) in [4.78, 5) is 10.4. The Hall–Kier alpha value is -1.22. The molecule has 1 saturated heterocycles. The maximum atomic E-state index is 12.6. The average Bonchev–Trinajstić information content (AvgIpc) is 2.37. The molecular formula is C13H20ClN3O4S. The van der Waals surface area contributed by atoms with Crippen LogP contribution >= 0.6 is 12.4 Å². The van der Waals surface area contributed by atoms with Gasteiger partial charge < -0.3 is 5.32 Å². The summed E-state index contributed by atoms with van der Waals surface area (Å²) in [6, 6.07) is 4.13. The summed E-state index contributed by atoms with van der Waals surface area (Å²) in [7, 11) is -3.71. The van der Waals surface area contributed by atoms with Gasteiger partial charge in [-0.05, 0) is 26.8 Å². The first kappa shape index (κ1) is 18.8. The van der Waals surface area contributed by atoms with Crippen molar-refractivity contribution in [3.8, 4) is 0 Å². The molecule has 0 radical (unpaired) electrons. The molecule has 1 N–H and O–H groups in total. The lowest BCUT2D eigenvalue weighted by molar-refractivity contribution is -0.385. The average molecular weight is 350 g/mol. The minimum Gasteiger partial charge on any atom is -0.309 e. The topological polar surface area (TPSA) is 92.6 Å².